The van der Waals surface area contributed by atoms with Crippen molar-refractivity contribution in [3.8, 4) is 0 Å². The number of hydrogen-bond donors (Lipinski definition) is 5. The van der Waals surface area contributed by atoms with Gasteiger partial charge in [0.2, 0.25) is 0 Å². The Kier molecular flexibility index (Phi) is 71.2. The van der Waals surface area contributed by atoms with Crippen molar-refractivity contribution in [1.82, 2.24) is 0 Å². The summed E-state index contributed by atoms with van der Waals surface area (Å²) in [6, 6.07) is 6.51. The van der Waals surface area contributed by atoms with Gasteiger partial charge in [-0.05, 0) is 314 Å². The van der Waals surface area contributed by atoms with E-state index in [4.69, 9.17) is 86.3 Å². The highest BCUT2D eigenvalue weighted by atomic mass is 127. The number of carboxylic acid groups (broad SMARTS) is 4. The number of benzene rings is 1. The second-order valence-electron chi connectivity index (χ2n) is 42.9. The van der Waals surface area contributed by atoms with Gasteiger partial charge in [-0.15, -0.1) is 0 Å². The van der Waals surface area contributed by atoms with Crippen LogP contribution in [0.2, 0.25) is 0 Å². The minimum atomic E-state index is -3.69. The topological polar surface area (TPSA) is 400 Å². The molecular weight excluding hydrogens is 2190 g/mol. The number of nitrogens with zero attached hydrogens (tertiary/aromatic N) is 1. The molecule has 0 amide bonds. The van der Waals surface area contributed by atoms with Crippen LogP contribution in [0.25, 0.3) is 4.85 Å². The maximum Gasteiger partial charge on any atom is 0.325 e. The second kappa shape index (κ2) is 83.5. The molecule has 4 saturated carbocycles. The lowest BCUT2D eigenvalue weighted by molar-refractivity contribution is -0.154. The predicted octanol–water partition coefficient (Wildman–Crippen LogP) is 31.6. The zero-order chi connectivity index (χ0) is 136. The van der Waals surface area contributed by atoms with E-state index in [0.29, 0.717) is 96.8 Å². The number of aliphatic hydroxyl groups is 1. The number of carboxylic acids is 4. The Morgan fingerprint density at radius 1 is 0.411 bits per heavy atom. The van der Waals surface area contributed by atoms with Crippen LogP contribution in [0, 0.1) is 68.1 Å². The Hall–Kier alpha value is -4.98. The third kappa shape index (κ3) is 70.4. The van der Waals surface area contributed by atoms with Gasteiger partial charge in [-0.1, -0.05) is 224 Å². The molecule has 5 radical (unpaired) electrons. The van der Waals surface area contributed by atoms with Gasteiger partial charge < -0.3 is 54.0 Å². The van der Waals surface area contributed by atoms with Crippen molar-refractivity contribution in [2.24, 2.45) is 54.7 Å². The standard InChI is InChI=1S/C23H40O5.C19H34O5.C19H32O5.C18H25NO4S.C11H21BrO2.C11H19IO2.C6H12O2.C5H10Br2.B3.16H2/c1-5-27-20(25)22(3,4)15-11-7-9-13-19(24)14-10-8-12-16-23(17-18-23)21(26)28-6-2;2*1-18(2,16(21)22)11-7-3-5-9-15(20)10-6-4-8-12-19(13-14-19)17(23)24;1-6-23-17(20)18(3,4)13-7-8-16(19-5)24(21,22)15-11-9-14(2)10-12-15;1-4-14-10(13)11(2,3)8-6-5-7-9-12;1-2-14-10(13)11(7-8-11)6-4-3-5-9-12;1-4-8-6(7)5(2)3;6-4-2-1-3-5-7;1-3-2;;;;;;;;;;;;;;;;/h5-18H2,1-4H3;15,20H,3-14H2,1-2H3,(H,21,22)(H,23,24);3-14H2,1-2H3,(H,21,22)(H,23,24);9-12,16H,6-8,13H2,1-4H3;4-9H2,1-3H3;2-9H2,1H3;5H,4H2,1-3H3;1-5H2;;16*1H/i;;;;;;;;;12*1+1D;4*1+1. The Balaban J connectivity index is -0.0000000856. The van der Waals surface area contributed by atoms with Crippen LogP contribution >= 0.6 is 70.4 Å². The van der Waals surface area contributed by atoms with Gasteiger partial charge in [-0.25, -0.2) is 15.0 Å². The number of aliphatic carboxylic acids is 4. The van der Waals surface area contributed by atoms with E-state index >= 15 is 0 Å². The number of aliphatic hydroxyl groups excluding tert-OH is 1. The number of unbranched alkanes of at least 4 members (excludes halogenated alkanes) is 18. The van der Waals surface area contributed by atoms with Crippen LogP contribution in [-0.4, -0.2) is 199 Å². The number of sulfone groups is 1. The number of aryl methyl sites for hydroxylation is 1. The minimum absolute atomic E-state index is 0. The van der Waals surface area contributed by atoms with Crippen molar-refractivity contribution >= 4 is 174 Å². The third-order valence-electron chi connectivity index (χ3n) is 27.0. The summed E-state index contributed by atoms with van der Waals surface area (Å²) in [5.74, 6) is -2.82. The Morgan fingerprint density at radius 3 is 0.945 bits per heavy atom. The van der Waals surface area contributed by atoms with Crippen LogP contribution in [0.5, 0.6) is 0 Å². The zero-order valence-corrected chi connectivity index (χ0v) is 101. The summed E-state index contributed by atoms with van der Waals surface area (Å²) in [5.41, 5.74) is -2.92. The molecule has 26 nitrogen and oxygen atoms in total. The molecule has 1 aromatic carbocycles. The molecule has 4 aliphatic carbocycles. The summed E-state index contributed by atoms with van der Waals surface area (Å²) in [7, 11) is 6.31. The number of carbonyl (C=O) groups excluding carboxylic acids is 8. The highest BCUT2D eigenvalue weighted by molar-refractivity contribution is 14.1. The maximum atomic E-state index is 12.6. The smallest absolute Gasteiger partial charge is 0.325 e. The molecule has 2 unspecified atom stereocenters. The average molecular weight is 2450 g/mol. The Labute approximate surface area is 967 Å². The number of esters is 6. The van der Waals surface area contributed by atoms with Crippen molar-refractivity contribution in [3.63, 3.8) is 0 Å². The highest BCUT2D eigenvalue weighted by Crippen LogP contribution is 2.53. The van der Waals surface area contributed by atoms with E-state index in [1.807, 2.05) is 76.2 Å². The van der Waals surface area contributed by atoms with Crippen molar-refractivity contribution in [1.29, 1.82) is 0 Å². The fourth-order valence-electron chi connectivity index (χ4n) is 15.7. The van der Waals surface area contributed by atoms with Gasteiger partial charge in [0.05, 0.1) is 105 Å². The van der Waals surface area contributed by atoms with Crippen molar-refractivity contribution < 1.29 is 161 Å². The van der Waals surface area contributed by atoms with Crippen molar-refractivity contribution in [3.05, 3.63) is 41.2 Å². The van der Waals surface area contributed by atoms with Crippen LogP contribution in [-0.2, 0) is 95.8 Å². The third-order valence-corrected chi connectivity index (χ3v) is 31.4. The molecule has 5 N–H and O–H groups in total. The van der Waals surface area contributed by atoms with Crippen LogP contribution in [0.15, 0.2) is 29.2 Å². The summed E-state index contributed by atoms with van der Waals surface area (Å²) in [5, 5.41) is 48.4. The fraction of sp³-hybridized carbons (Fsp3) is 0.830. The van der Waals surface area contributed by atoms with E-state index in [1.54, 1.807) is 67.5 Å². The molecule has 1 aromatic rings. The van der Waals surface area contributed by atoms with Gasteiger partial charge in [-0.2, -0.15) is 0 Å². The second-order valence-corrected chi connectivity index (χ2v) is 48.5. The summed E-state index contributed by atoms with van der Waals surface area (Å²) < 4.78 is 176. The summed E-state index contributed by atoms with van der Waals surface area (Å²) in [4.78, 5) is 141. The first-order valence-corrected chi connectivity index (χ1v) is 60.9. The number of alkyl halides is 4. The lowest BCUT2D eigenvalue weighted by Crippen LogP contribution is -2.27. The van der Waals surface area contributed by atoms with Crippen molar-refractivity contribution in [2.45, 2.75) is 482 Å². The number of Topliss-reactive ketones (excluding diaryl/α,β-unsaturated/α-hetero) is 2. The first-order chi connectivity index (χ1) is 80.6. The van der Waals surface area contributed by atoms with E-state index in [2.05, 4.69) is 95.4 Å². The first-order valence-electron chi connectivity index (χ1n) is 66.5. The molecule has 146 heavy (non-hydrogen) atoms. The quantitative estimate of drug-likeness (QED) is 0.00769. The van der Waals surface area contributed by atoms with E-state index in [-0.39, 0.29) is 86.9 Å². The van der Waals surface area contributed by atoms with Crippen LogP contribution < -0.4 is 0 Å². The highest BCUT2D eigenvalue weighted by Gasteiger charge is 2.53. The Bertz CT molecular complexity index is 3910. The van der Waals surface area contributed by atoms with E-state index in [1.165, 1.54) is 67.9 Å². The van der Waals surface area contributed by atoms with E-state index < -0.39 is 71.6 Å². The molecular formula is C112H225B3Br3INO25S. The molecule has 4 fully saturated rings. The molecule has 0 saturated heterocycles. The van der Waals surface area contributed by atoms with Crippen LogP contribution in [0.1, 0.15) is 505 Å². The molecule has 0 bridgehead atoms. The normalized spacial score (nSPS) is 15.1. The van der Waals surface area contributed by atoms with Gasteiger partial charge in [0.1, 0.15) is 11.6 Å². The largest absolute Gasteiger partial charge is 0.481 e. The maximum absolute atomic E-state index is 12.6. The van der Waals surface area contributed by atoms with Crippen molar-refractivity contribution in [2.75, 3.05) is 60.1 Å². The number of halogens is 4. The first kappa shape index (κ1) is 125. The van der Waals surface area contributed by atoms with Gasteiger partial charge >= 0.3 is 65.1 Å². The Morgan fingerprint density at radius 2 is 0.678 bits per heavy atom. The molecule has 5 rings (SSSR count). The lowest BCUT2D eigenvalue weighted by Gasteiger charge is -2.22. The number of carbonyl (C=O) groups is 12. The fourth-order valence-corrected chi connectivity index (χ4v) is 18.8. The molecule has 0 aromatic heterocycles. The molecule has 871 valence electrons. The number of ether oxygens (including phenoxy) is 6. The SMILES string of the molecule is BrCCCCCBr.CC(C)(CCCCCC(=O)CCCCCC1(C(=O)O)CC1)C(=O)O.CC(C)(CCCCCC(O)CCCCCC1(C(=O)O)CC1)C(=O)O.CCOC(=O)C(C)(C)CCCCCBr.CCOC(=O)C(C)(C)CCCCCC(=O)CCCCCC1(C(=O)OCC)CC1.CCOC(=O)C(C)C.CCOC(=O)C1(CCCCCI)CC1.[2HH].[2HH].[2HH].[2HH].[2H][2H].[2H][2H].[2H][2H].[2H][2H].[2H][2H].[2H][2H].[2H][2H].[2H][2H].[2H][2H].[2H][2H].[2H][2H].[2H][2H].[B][B][B].[C-]#[N+]C(CCCC(C)(C)C(=O)OCC)S(=O)(=O)c1ccc(C)cc1. The number of rotatable bonds is 72. The summed E-state index contributed by atoms with van der Waals surface area (Å²) in [6.07, 6.45) is 46.3. The van der Waals surface area contributed by atoms with Gasteiger partial charge in [0.15, 0.2) is 0 Å². The van der Waals surface area contributed by atoms with Gasteiger partial charge in [-0.3, -0.25) is 62.4 Å². The molecule has 34 heteroatoms. The van der Waals surface area contributed by atoms with Crippen LogP contribution in [0.4, 0.5) is 0 Å². The van der Waals surface area contributed by atoms with Crippen LogP contribution in [0.3, 0.4) is 0 Å². The molecule has 0 spiro atoms. The zero-order valence-electron chi connectivity index (χ0n) is 117. The molecule has 0 aliphatic heterocycles. The minimum Gasteiger partial charge on any atom is -0.481 e. The lowest BCUT2D eigenvalue weighted by atomic mass is 9.40. The predicted molar refractivity (Wildman–Crippen MR) is 640 cm³/mol. The number of hydrogen-bond acceptors (Lipinski definition) is 21. The average Bonchev–Trinajstić information content (AvgIpc) is 1.46. The van der Waals surface area contributed by atoms with E-state index in [9.17, 15) is 71.1 Å². The number of ketones is 2. The van der Waals surface area contributed by atoms with Gasteiger partial charge in [0, 0.05) is 112 Å². The molecule has 4 aliphatic rings. The molecule has 0 heterocycles. The summed E-state index contributed by atoms with van der Waals surface area (Å²) >= 11 is 12.5. The summed E-state index contributed by atoms with van der Waals surface area (Å²) in [6.45, 7) is 44.6. The van der Waals surface area contributed by atoms with E-state index in [0.717, 1.165) is 253 Å². The molecule has 2 atom stereocenters. The monoisotopic (exact) mass is 2440 g/mol. The van der Waals surface area contributed by atoms with Gasteiger partial charge in [0.25, 0.3) is 9.84 Å².